The summed E-state index contributed by atoms with van der Waals surface area (Å²) in [6.07, 6.45) is 2.71. The number of hydrogen-bond acceptors (Lipinski definition) is 6. The summed E-state index contributed by atoms with van der Waals surface area (Å²) < 4.78 is 1.96. The average molecular weight is 436 g/mol. The lowest BCUT2D eigenvalue weighted by atomic mass is 10.1. The van der Waals surface area contributed by atoms with Crippen molar-refractivity contribution in [3.8, 4) is 0 Å². The topological polar surface area (TPSA) is 111 Å². The SMILES string of the molecule is CCCn1cnc2c(NCc3ccc(C(=O)Nc4ccccc4N)cc3)nc(Cl)nc21. The molecule has 2 heterocycles. The van der Waals surface area contributed by atoms with E-state index in [1.165, 1.54) is 0 Å². The van der Waals surface area contributed by atoms with Gasteiger partial charge in [-0.1, -0.05) is 31.2 Å². The summed E-state index contributed by atoms with van der Waals surface area (Å²) in [5.41, 5.74) is 9.89. The quantitative estimate of drug-likeness (QED) is 0.294. The molecule has 0 saturated heterocycles. The van der Waals surface area contributed by atoms with Crippen LogP contribution >= 0.6 is 11.6 Å². The van der Waals surface area contributed by atoms with Crippen LogP contribution in [-0.2, 0) is 13.1 Å². The molecule has 0 fully saturated rings. The number of hydrogen-bond donors (Lipinski definition) is 3. The number of nitrogens with two attached hydrogens (primary N) is 1. The summed E-state index contributed by atoms with van der Waals surface area (Å²) in [7, 11) is 0. The van der Waals surface area contributed by atoms with Crippen LogP contribution in [0.4, 0.5) is 17.2 Å². The van der Waals surface area contributed by atoms with Crippen molar-refractivity contribution in [1.29, 1.82) is 0 Å². The fraction of sp³-hybridized carbons (Fsp3) is 0.182. The lowest BCUT2D eigenvalue weighted by Gasteiger charge is -2.10. The smallest absolute Gasteiger partial charge is 0.255 e. The average Bonchev–Trinajstić information content (AvgIpc) is 3.17. The van der Waals surface area contributed by atoms with Gasteiger partial charge in [-0.2, -0.15) is 9.97 Å². The van der Waals surface area contributed by atoms with E-state index in [2.05, 4.69) is 32.5 Å². The summed E-state index contributed by atoms with van der Waals surface area (Å²) >= 11 is 6.11. The summed E-state index contributed by atoms with van der Waals surface area (Å²) in [5.74, 6) is 0.356. The van der Waals surface area contributed by atoms with E-state index in [-0.39, 0.29) is 11.2 Å². The van der Waals surface area contributed by atoms with E-state index in [0.29, 0.717) is 40.5 Å². The van der Waals surface area contributed by atoms with Crippen LogP contribution in [0.15, 0.2) is 54.9 Å². The van der Waals surface area contributed by atoms with Crippen molar-refractivity contribution in [3.63, 3.8) is 0 Å². The molecule has 0 atom stereocenters. The first-order valence-corrected chi connectivity index (χ1v) is 10.3. The van der Waals surface area contributed by atoms with Gasteiger partial charge in [0.1, 0.15) is 0 Å². The Labute approximate surface area is 184 Å². The highest BCUT2D eigenvalue weighted by molar-refractivity contribution is 6.28. The van der Waals surface area contributed by atoms with Crippen LogP contribution in [0.1, 0.15) is 29.3 Å². The first-order valence-electron chi connectivity index (χ1n) is 9.92. The second kappa shape index (κ2) is 9.01. The third kappa shape index (κ3) is 4.59. The number of imidazole rings is 1. The van der Waals surface area contributed by atoms with Crippen molar-refractivity contribution < 1.29 is 4.79 Å². The maximum atomic E-state index is 12.5. The molecule has 2 aromatic carbocycles. The predicted molar refractivity (Wildman–Crippen MR) is 123 cm³/mol. The van der Waals surface area contributed by atoms with Gasteiger partial charge in [0.05, 0.1) is 17.7 Å². The number of carbonyl (C=O) groups is 1. The largest absolute Gasteiger partial charge is 0.397 e. The van der Waals surface area contributed by atoms with Crippen molar-refractivity contribution in [2.45, 2.75) is 26.4 Å². The molecular formula is C22H22ClN7O. The maximum absolute atomic E-state index is 12.5. The zero-order valence-electron chi connectivity index (χ0n) is 17.0. The molecule has 4 aromatic rings. The Morgan fingerprint density at radius 1 is 1.13 bits per heavy atom. The Hall–Kier alpha value is -3.65. The predicted octanol–water partition coefficient (Wildman–Crippen LogP) is 4.34. The Bertz CT molecular complexity index is 1220. The zero-order valence-corrected chi connectivity index (χ0v) is 17.7. The summed E-state index contributed by atoms with van der Waals surface area (Å²) in [6.45, 7) is 3.39. The summed E-state index contributed by atoms with van der Waals surface area (Å²) in [4.78, 5) is 25.5. The first kappa shape index (κ1) is 20.6. The second-order valence-electron chi connectivity index (χ2n) is 7.04. The molecule has 158 valence electrons. The van der Waals surface area contributed by atoms with Gasteiger partial charge in [-0.3, -0.25) is 4.79 Å². The minimum Gasteiger partial charge on any atom is -0.397 e. The number of carbonyl (C=O) groups excluding carboxylic acids is 1. The van der Waals surface area contributed by atoms with Gasteiger partial charge < -0.3 is 20.9 Å². The van der Waals surface area contributed by atoms with Crippen molar-refractivity contribution in [2.24, 2.45) is 0 Å². The molecule has 0 aliphatic carbocycles. The van der Waals surface area contributed by atoms with Crippen LogP contribution in [0.2, 0.25) is 5.28 Å². The molecule has 0 saturated carbocycles. The van der Waals surface area contributed by atoms with Crippen molar-refractivity contribution in [2.75, 3.05) is 16.4 Å². The molecule has 2 aromatic heterocycles. The highest BCUT2D eigenvalue weighted by Gasteiger charge is 2.13. The number of amides is 1. The Balaban J connectivity index is 1.45. The van der Waals surface area contributed by atoms with Gasteiger partial charge in [0, 0.05) is 18.7 Å². The van der Waals surface area contributed by atoms with Gasteiger partial charge in [-0.15, -0.1) is 0 Å². The van der Waals surface area contributed by atoms with Crippen molar-refractivity contribution in [3.05, 3.63) is 71.3 Å². The molecule has 0 aliphatic heterocycles. The van der Waals surface area contributed by atoms with Crippen LogP contribution in [-0.4, -0.2) is 25.4 Å². The van der Waals surface area contributed by atoms with E-state index >= 15 is 0 Å². The molecule has 0 radical (unpaired) electrons. The Morgan fingerprint density at radius 3 is 2.65 bits per heavy atom. The van der Waals surface area contributed by atoms with Crippen molar-refractivity contribution in [1.82, 2.24) is 19.5 Å². The number of nitrogen functional groups attached to an aromatic ring is 1. The Morgan fingerprint density at radius 2 is 1.90 bits per heavy atom. The van der Waals surface area contributed by atoms with Crippen LogP contribution in [0.5, 0.6) is 0 Å². The van der Waals surface area contributed by atoms with Crippen LogP contribution < -0.4 is 16.4 Å². The molecule has 1 amide bonds. The lowest BCUT2D eigenvalue weighted by Crippen LogP contribution is -2.13. The molecular weight excluding hydrogens is 414 g/mol. The molecule has 0 spiro atoms. The number of rotatable bonds is 7. The van der Waals surface area contributed by atoms with E-state index < -0.39 is 0 Å². The molecule has 0 bridgehead atoms. The summed E-state index contributed by atoms with van der Waals surface area (Å²) in [5, 5.41) is 6.26. The fourth-order valence-corrected chi connectivity index (χ4v) is 3.38. The Kier molecular flexibility index (Phi) is 5.99. The van der Waals surface area contributed by atoms with Crippen molar-refractivity contribution >= 4 is 45.9 Å². The van der Waals surface area contributed by atoms with E-state index in [4.69, 9.17) is 17.3 Å². The number of nitrogens with one attached hydrogen (secondary N) is 2. The fourth-order valence-electron chi connectivity index (χ4n) is 3.21. The molecule has 9 heteroatoms. The van der Waals surface area contributed by atoms with E-state index in [9.17, 15) is 4.79 Å². The zero-order chi connectivity index (χ0) is 21.8. The lowest BCUT2D eigenvalue weighted by molar-refractivity contribution is 0.102. The van der Waals surface area contributed by atoms with Gasteiger partial charge in [-0.05, 0) is 47.9 Å². The van der Waals surface area contributed by atoms with E-state index in [0.717, 1.165) is 18.5 Å². The third-order valence-corrected chi connectivity index (χ3v) is 4.96. The third-order valence-electron chi connectivity index (χ3n) is 4.79. The highest BCUT2D eigenvalue weighted by atomic mass is 35.5. The van der Waals surface area contributed by atoms with Gasteiger partial charge in [0.2, 0.25) is 5.28 Å². The number of aromatic nitrogens is 4. The van der Waals surface area contributed by atoms with Crippen LogP contribution in [0.3, 0.4) is 0 Å². The standard InChI is InChI=1S/C22H22ClN7O/c1-2-11-30-13-26-18-19(28-22(23)29-20(18)30)25-12-14-7-9-15(10-8-14)21(31)27-17-6-4-3-5-16(17)24/h3-10,13H,2,11-12,24H2,1H3,(H,27,31)(H,25,28,29). The molecule has 4 rings (SSSR count). The van der Waals surface area contributed by atoms with Gasteiger partial charge >= 0.3 is 0 Å². The number of fused-ring (bicyclic) bond motifs is 1. The number of para-hydroxylation sites is 2. The monoisotopic (exact) mass is 435 g/mol. The first-order chi connectivity index (χ1) is 15.0. The number of halogens is 1. The van der Waals surface area contributed by atoms with E-state index in [1.807, 2.05) is 28.8 Å². The normalized spacial score (nSPS) is 10.9. The van der Waals surface area contributed by atoms with Gasteiger partial charge in [-0.25, -0.2) is 4.98 Å². The minimum atomic E-state index is -0.219. The molecule has 8 nitrogen and oxygen atoms in total. The minimum absolute atomic E-state index is 0.167. The van der Waals surface area contributed by atoms with E-state index in [1.54, 1.807) is 30.6 Å². The molecule has 4 N–H and O–H groups in total. The van der Waals surface area contributed by atoms with Gasteiger partial charge in [0.25, 0.3) is 5.91 Å². The number of nitrogens with zero attached hydrogens (tertiary/aromatic N) is 4. The van der Waals surface area contributed by atoms with Gasteiger partial charge in [0.15, 0.2) is 17.0 Å². The molecule has 31 heavy (non-hydrogen) atoms. The number of benzene rings is 2. The highest BCUT2D eigenvalue weighted by Crippen LogP contribution is 2.22. The number of anilines is 3. The molecule has 0 unspecified atom stereocenters. The maximum Gasteiger partial charge on any atom is 0.255 e. The second-order valence-corrected chi connectivity index (χ2v) is 7.38. The molecule has 0 aliphatic rings. The van der Waals surface area contributed by atoms with Crippen LogP contribution in [0, 0.1) is 0 Å². The van der Waals surface area contributed by atoms with Crippen LogP contribution in [0.25, 0.3) is 11.2 Å². The summed E-state index contributed by atoms with van der Waals surface area (Å²) in [6, 6.07) is 14.4. The number of aryl methyl sites for hydroxylation is 1.